The van der Waals surface area contributed by atoms with Crippen LogP contribution in [0.1, 0.15) is 11.1 Å². The highest BCUT2D eigenvalue weighted by Crippen LogP contribution is 2.40. The Morgan fingerprint density at radius 2 is 1.47 bits per heavy atom. The average molecular weight is 260 g/mol. The Hall–Kier alpha value is -0.910. The molecule has 0 nitrogen and oxygen atoms in total. The van der Waals surface area contributed by atoms with Gasteiger partial charge in [-0.15, -0.1) is 0 Å². The Morgan fingerprint density at radius 1 is 0.882 bits per heavy atom. The van der Waals surface area contributed by atoms with Gasteiger partial charge in [-0.2, -0.15) is 0 Å². The molecule has 0 heterocycles. The molecule has 2 rings (SSSR count). The Bertz CT molecular complexity index is 570. The van der Waals surface area contributed by atoms with Crippen LogP contribution in [0, 0.1) is 13.8 Å². The molecule has 1 unspecified atom stereocenters. The van der Waals surface area contributed by atoms with Crippen LogP contribution in [-0.4, -0.2) is 6.66 Å². The zero-order chi connectivity index (χ0) is 12.5. The second kappa shape index (κ2) is 4.76. The summed E-state index contributed by atoms with van der Waals surface area (Å²) in [5.74, 6) is 0. The molecule has 0 N–H and O–H groups in total. The molecule has 2 heteroatoms. The molecule has 0 bridgehead atoms. The highest BCUT2D eigenvalue weighted by molar-refractivity contribution is 8.21. The van der Waals surface area contributed by atoms with E-state index in [0.29, 0.717) is 0 Å². The van der Waals surface area contributed by atoms with E-state index in [1.165, 1.54) is 21.7 Å². The van der Waals surface area contributed by atoms with Crippen LogP contribution in [0.2, 0.25) is 0 Å². The zero-order valence-electron chi connectivity index (χ0n) is 10.5. The first kappa shape index (κ1) is 12.5. The van der Waals surface area contributed by atoms with Crippen molar-refractivity contribution in [3.8, 4) is 0 Å². The Kier molecular flexibility index (Phi) is 3.51. The van der Waals surface area contributed by atoms with Crippen LogP contribution in [0.25, 0.3) is 0 Å². The van der Waals surface area contributed by atoms with Gasteiger partial charge in [-0.1, -0.05) is 65.9 Å². The molecule has 0 aliphatic rings. The molecule has 2 aromatic rings. The molecular formula is C15H17PS. The maximum absolute atomic E-state index is 5.92. The predicted molar refractivity (Wildman–Crippen MR) is 81.8 cm³/mol. The minimum absolute atomic E-state index is 1.29. The zero-order valence-corrected chi connectivity index (χ0v) is 12.2. The number of hydrogen-bond donors (Lipinski definition) is 0. The summed E-state index contributed by atoms with van der Waals surface area (Å²) in [7, 11) is 0. The Morgan fingerprint density at radius 3 is 2.06 bits per heavy atom. The van der Waals surface area contributed by atoms with Crippen molar-refractivity contribution in [2.45, 2.75) is 13.8 Å². The SMILES string of the molecule is Cc1ccc(P(C)(=S)c2ccccc2C)cc1. The molecule has 0 aliphatic carbocycles. The Balaban J connectivity index is 2.54. The van der Waals surface area contributed by atoms with Gasteiger partial charge in [0.15, 0.2) is 0 Å². The minimum atomic E-state index is -1.62. The highest BCUT2D eigenvalue weighted by Gasteiger charge is 2.17. The molecular weight excluding hydrogens is 243 g/mol. The molecule has 2 aromatic carbocycles. The number of hydrogen-bond acceptors (Lipinski definition) is 1. The molecule has 0 radical (unpaired) electrons. The van der Waals surface area contributed by atoms with Crippen molar-refractivity contribution >= 4 is 28.5 Å². The molecule has 0 aliphatic heterocycles. The topological polar surface area (TPSA) is 0 Å². The van der Waals surface area contributed by atoms with Crippen LogP contribution in [0.3, 0.4) is 0 Å². The van der Waals surface area contributed by atoms with Gasteiger partial charge < -0.3 is 0 Å². The van der Waals surface area contributed by atoms with E-state index < -0.39 is 6.04 Å². The van der Waals surface area contributed by atoms with Crippen molar-refractivity contribution in [3.05, 3.63) is 59.7 Å². The summed E-state index contributed by atoms with van der Waals surface area (Å²) in [5, 5.41) is 2.63. The van der Waals surface area contributed by atoms with E-state index in [0.717, 1.165) is 0 Å². The van der Waals surface area contributed by atoms with Crippen LogP contribution in [0.4, 0.5) is 0 Å². The summed E-state index contributed by atoms with van der Waals surface area (Å²) in [6, 6.07) is 15.5. The van der Waals surface area contributed by atoms with E-state index in [1.807, 2.05) is 0 Å². The number of aryl methyl sites for hydroxylation is 2. The van der Waals surface area contributed by atoms with Gasteiger partial charge in [0.1, 0.15) is 0 Å². The highest BCUT2D eigenvalue weighted by atomic mass is 32.4. The summed E-state index contributed by atoms with van der Waals surface area (Å²) in [6.45, 7) is 6.47. The van der Waals surface area contributed by atoms with Gasteiger partial charge in [0.05, 0.1) is 0 Å². The van der Waals surface area contributed by atoms with Gasteiger partial charge >= 0.3 is 0 Å². The van der Waals surface area contributed by atoms with E-state index in [9.17, 15) is 0 Å². The predicted octanol–water partition coefficient (Wildman–Crippen LogP) is 3.36. The summed E-state index contributed by atoms with van der Waals surface area (Å²) in [4.78, 5) is 0. The van der Waals surface area contributed by atoms with Gasteiger partial charge in [0, 0.05) is 6.04 Å². The number of benzene rings is 2. The second-order valence-electron chi connectivity index (χ2n) is 4.55. The maximum Gasteiger partial charge on any atom is 0.00787 e. The van der Waals surface area contributed by atoms with E-state index in [1.54, 1.807) is 0 Å². The van der Waals surface area contributed by atoms with E-state index in [4.69, 9.17) is 11.8 Å². The van der Waals surface area contributed by atoms with Crippen LogP contribution in [-0.2, 0) is 11.8 Å². The largest absolute Gasteiger partial charge is 0.0879 e. The maximum atomic E-state index is 5.92. The van der Waals surface area contributed by atoms with Crippen LogP contribution >= 0.6 is 6.04 Å². The first-order chi connectivity index (χ1) is 8.01. The minimum Gasteiger partial charge on any atom is -0.0879 e. The van der Waals surface area contributed by atoms with Crippen molar-refractivity contribution in [3.63, 3.8) is 0 Å². The summed E-state index contributed by atoms with van der Waals surface area (Å²) < 4.78 is 0. The van der Waals surface area contributed by atoms with Crippen molar-refractivity contribution < 1.29 is 0 Å². The van der Waals surface area contributed by atoms with Crippen molar-refractivity contribution in [1.29, 1.82) is 0 Å². The third kappa shape index (κ3) is 2.51. The molecule has 1 atom stereocenters. The fraction of sp³-hybridized carbons (Fsp3) is 0.200. The molecule has 0 amide bonds. The quantitative estimate of drug-likeness (QED) is 0.746. The average Bonchev–Trinajstić information content (AvgIpc) is 2.30. The molecule has 0 spiro atoms. The van der Waals surface area contributed by atoms with Crippen LogP contribution < -0.4 is 10.6 Å². The lowest BCUT2D eigenvalue weighted by molar-refractivity contribution is 1.49. The molecule has 17 heavy (non-hydrogen) atoms. The van der Waals surface area contributed by atoms with Gasteiger partial charge in [-0.3, -0.25) is 0 Å². The normalized spacial score (nSPS) is 14.3. The molecule has 0 saturated heterocycles. The summed E-state index contributed by atoms with van der Waals surface area (Å²) in [6.07, 6.45) is 0. The summed E-state index contributed by atoms with van der Waals surface area (Å²) >= 11 is 5.92. The van der Waals surface area contributed by atoms with Gasteiger partial charge in [-0.25, -0.2) is 0 Å². The fourth-order valence-corrected chi connectivity index (χ4v) is 5.10. The third-order valence-electron chi connectivity index (χ3n) is 3.10. The molecule has 88 valence electrons. The lowest BCUT2D eigenvalue weighted by atomic mass is 10.2. The van der Waals surface area contributed by atoms with E-state index in [-0.39, 0.29) is 0 Å². The molecule has 0 aromatic heterocycles. The first-order valence-electron chi connectivity index (χ1n) is 5.73. The standard InChI is InChI=1S/C15H17PS/c1-12-8-10-14(11-9-12)16(3,17)15-7-5-4-6-13(15)2/h4-11H,1-3H3. The lowest BCUT2D eigenvalue weighted by Crippen LogP contribution is -2.17. The summed E-state index contributed by atoms with van der Waals surface area (Å²) in [5.41, 5.74) is 2.59. The lowest BCUT2D eigenvalue weighted by Gasteiger charge is -2.20. The molecule has 0 fully saturated rings. The monoisotopic (exact) mass is 260 g/mol. The molecule has 0 saturated carbocycles. The van der Waals surface area contributed by atoms with Crippen molar-refractivity contribution in [2.75, 3.05) is 6.66 Å². The Labute approximate surface area is 109 Å². The second-order valence-corrected chi connectivity index (χ2v) is 9.58. The van der Waals surface area contributed by atoms with Gasteiger partial charge in [-0.05, 0) is 36.7 Å². The van der Waals surface area contributed by atoms with Crippen molar-refractivity contribution in [1.82, 2.24) is 0 Å². The van der Waals surface area contributed by atoms with Gasteiger partial charge in [0.2, 0.25) is 0 Å². The van der Waals surface area contributed by atoms with Crippen LogP contribution in [0.5, 0.6) is 0 Å². The fourth-order valence-electron chi connectivity index (χ4n) is 2.01. The van der Waals surface area contributed by atoms with E-state index >= 15 is 0 Å². The smallest absolute Gasteiger partial charge is 0.00787 e. The van der Waals surface area contributed by atoms with Crippen LogP contribution in [0.15, 0.2) is 48.5 Å². The third-order valence-corrected chi connectivity index (χ3v) is 7.03. The van der Waals surface area contributed by atoms with Gasteiger partial charge in [0.25, 0.3) is 0 Å². The first-order valence-corrected chi connectivity index (χ1v) is 8.98. The van der Waals surface area contributed by atoms with E-state index in [2.05, 4.69) is 69.0 Å². The van der Waals surface area contributed by atoms with Crippen molar-refractivity contribution in [2.24, 2.45) is 0 Å². The number of rotatable bonds is 2.